The van der Waals surface area contributed by atoms with Gasteiger partial charge in [-0.25, -0.2) is 0 Å². The molecule has 3 rings (SSSR count). The third kappa shape index (κ3) is 3.43. The second-order valence-electron chi connectivity index (χ2n) is 5.00. The molecular weight excluding hydrogens is 362 g/mol. The minimum atomic E-state index is 0. The summed E-state index contributed by atoms with van der Waals surface area (Å²) in [6.45, 7) is 2.26. The Hall–Kier alpha value is -0.580. The topological polar surface area (TPSA) is 12.0 Å². The molecule has 112 valence electrons. The predicted molar refractivity (Wildman–Crippen MR) is 91.9 cm³/mol. The molecule has 0 atom stereocenters. The Morgan fingerprint density at radius 1 is 1.10 bits per heavy atom. The summed E-state index contributed by atoms with van der Waals surface area (Å²) in [6.07, 6.45) is 5.94. The van der Waals surface area contributed by atoms with E-state index >= 15 is 0 Å². The maximum atomic E-state index is 3.65. The minimum absolute atomic E-state index is 0. The summed E-state index contributed by atoms with van der Waals surface area (Å²) in [5, 5.41) is 3.65. The number of unbranched alkanes of at least 4 members (excludes halogenated alkanes) is 1. The molecule has 0 unspecified atom stereocenters. The van der Waals surface area contributed by atoms with Crippen molar-refractivity contribution in [2.75, 3.05) is 11.6 Å². The third-order valence-electron chi connectivity index (χ3n) is 3.61. The smallest absolute Gasteiger partial charge is 0.180 e. The molecule has 2 aromatic rings. The van der Waals surface area contributed by atoms with Crippen LogP contribution in [0.1, 0.15) is 25.3 Å². The highest BCUT2D eigenvalue weighted by atomic mass is 79.9. The number of anilines is 2. The van der Waals surface area contributed by atoms with E-state index in [9.17, 15) is 0 Å². The molecule has 0 amide bonds. The lowest BCUT2D eigenvalue weighted by Gasteiger charge is -2.22. The van der Waals surface area contributed by atoms with E-state index in [1.165, 1.54) is 62.6 Å². The highest BCUT2D eigenvalue weighted by Crippen LogP contribution is 2.46. The van der Waals surface area contributed by atoms with Crippen LogP contribution >= 0.6 is 11.8 Å². The van der Waals surface area contributed by atoms with Crippen molar-refractivity contribution >= 4 is 34.9 Å². The first-order chi connectivity index (χ1) is 9.83. The molecule has 1 aliphatic rings. The predicted octanol–water partition coefficient (Wildman–Crippen LogP) is 2.04. The number of thiol groups is 1. The van der Waals surface area contributed by atoms with E-state index in [2.05, 4.69) is 54.9 Å². The molecule has 0 fully saturated rings. The second-order valence-corrected chi connectivity index (χ2v) is 6.98. The van der Waals surface area contributed by atoms with Gasteiger partial charge in [-0.2, -0.15) is 0 Å². The molecule has 2 aromatic carbocycles. The summed E-state index contributed by atoms with van der Waals surface area (Å²) in [5.41, 5.74) is 4.07. The summed E-state index contributed by atoms with van der Waals surface area (Å²) < 4.78 is 0. The maximum absolute atomic E-state index is 3.65. The lowest BCUT2D eigenvalue weighted by atomic mass is 10.1. The Morgan fingerprint density at radius 3 is 2.67 bits per heavy atom. The van der Waals surface area contributed by atoms with E-state index in [4.69, 9.17) is 0 Å². The van der Waals surface area contributed by atoms with Crippen LogP contribution in [0, 0.1) is 0 Å². The van der Waals surface area contributed by atoms with Gasteiger partial charge in [0.15, 0.2) is 4.90 Å². The van der Waals surface area contributed by atoms with Crippen LogP contribution in [0.4, 0.5) is 11.4 Å². The van der Waals surface area contributed by atoms with Gasteiger partial charge in [-0.15, -0.1) is 0 Å². The zero-order valence-electron chi connectivity index (χ0n) is 12.3. The Balaban J connectivity index is 0.00000161. The van der Waals surface area contributed by atoms with Crippen molar-refractivity contribution in [1.29, 1.82) is 0 Å². The number of hydrogen-bond acceptors (Lipinski definition) is 2. The Bertz CT molecular complexity index is 628. The molecule has 0 aromatic heterocycles. The molecule has 0 aliphatic carbocycles. The van der Waals surface area contributed by atoms with Crippen LogP contribution in [-0.4, -0.2) is 6.26 Å². The molecule has 21 heavy (non-hydrogen) atoms. The first kappa shape index (κ1) is 16.8. The summed E-state index contributed by atoms with van der Waals surface area (Å²) in [7, 11) is 0. The van der Waals surface area contributed by atoms with Crippen LogP contribution in [0.15, 0.2) is 51.1 Å². The summed E-state index contributed by atoms with van der Waals surface area (Å²) in [5.74, 6) is 0. The molecule has 1 aliphatic heterocycles. The fraction of sp³-hybridized carbons (Fsp3) is 0.294. The molecule has 0 spiro atoms. The van der Waals surface area contributed by atoms with Crippen molar-refractivity contribution in [3.05, 3.63) is 42.0 Å². The average Bonchev–Trinajstić information content (AvgIpc) is 2.50. The monoisotopic (exact) mass is 381 g/mol. The SMILES string of the molecule is CCCCc1ccc2c(c1[SH+]C)Nc1ccccc1S2.[Br-]. The highest BCUT2D eigenvalue weighted by molar-refractivity contribution is 7.99. The van der Waals surface area contributed by atoms with Crippen molar-refractivity contribution in [1.82, 2.24) is 0 Å². The molecule has 1 nitrogen and oxygen atoms in total. The molecule has 4 heteroatoms. The van der Waals surface area contributed by atoms with Gasteiger partial charge in [0.05, 0.1) is 5.69 Å². The van der Waals surface area contributed by atoms with Crippen molar-refractivity contribution in [2.45, 2.75) is 40.9 Å². The fourth-order valence-corrected chi connectivity index (χ4v) is 4.51. The normalized spacial score (nSPS) is 11.9. The number of aryl methyl sites for hydroxylation is 1. The molecule has 0 saturated carbocycles. The number of fused-ring (bicyclic) bond motifs is 2. The van der Waals surface area contributed by atoms with Gasteiger partial charge in [0.2, 0.25) is 0 Å². The van der Waals surface area contributed by atoms with Gasteiger partial charge in [-0.05, 0) is 31.0 Å². The van der Waals surface area contributed by atoms with Gasteiger partial charge in [-0.3, -0.25) is 0 Å². The van der Waals surface area contributed by atoms with Crippen LogP contribution in [-0.2, 0) is 18.2 Å². The quantitative estimate of drug-likeness (QED) is 0.548. The molecule has 1 heterocycles. The van der Waals surface area contributed by atoms with Crippen LogP contribution in [0.2, 0.25) is 0 Å². The second kappa shape index (κ2) is 7.61. The van der Waals surface area contributed by atoms with E-state index in [1.807, 2.05) is 11.8 Å². The van der Waals surface area contributed by atoms with Crippen molar-refractivity contribution in [2.24, 2.45) is 0 Å². The molecular formula is C17H20BrNS2. The van der Waals surface area contributed by atoms with Crippen LogP contribution in [0.25, 0.3) is 0 Å². The van der Waals surface area contributed by atoms with E-state index in [0.29, 0.717) is 0 Å². The number of rotatable bonds is 4. The van der Waals surface area contributed by atoms with Crippen molar-refractivity contribution in [3.8, 4) is 0 Å². The van der Waals surface area contributed by atoms with E-state index < -0.39 is 0 Å². The lowest BCUT2D eigenvalue weighted by molar-refractivity contribution is -0.00000404. The standard InChI is InChI=1S/C17H19NS2.BrH/c1-3-4-7-12-10-11-15-16(17(12)19-2)18-13-8-5-6-9-14(13)20-15;/h5-6,8-11,18H,3-4,7H2,1-2H3;1H. The van der Waals surface area contributed by atoms with E-state index in [1.54, 1.807) is 0 Å². The zero-order valence-corrected chi connectivity index (χ0v) is 15.6. The summed E-state index contributed by atoms with van der Waals surface area (Å²) >= 11 is 3.23. The number of nitrogens with one attached hydrogen (secondary N) is 1. The molecule has 1 N–H and O–H groups in total. The zero-order chi connectivity index (χ0) is 13.9. The Labute approximate surface area is 146 Å². The van der Waals surface area contributed by atoms with Crippen LogP contribution in [0.5, 0.6) is 0 Å². The minimum Gasteiger partial charge on any atom is -1.00 e. The summed E-state index contributed by atoms with van der Waals surface area (Å²) in [4.78, 5) is 4.14. The first-order valence-electron chi connectivity index (χ1n) is 7.13. The lowest BCUT2D eigenvalue weighted by Crippen LogP contribution is -3.00. The Kier molecular flexibility index (Phi) is 6.08. The third-order valence-corrected chi connectivity index (χ3v) is 5.71. The van der Waals surface area contributed by atoms with Crippen molar-refractivity contribution < 1.29 is 17.0 Å². The highest BCUT2D eigenvalue weighted by Gasteiger charge is 2.23. The summed E-state index contributed by atoms with van der Waals surface area (Å²) in [6, 6.07) is 13.2. The first-order valence-corrected chi connectivity index (χ1v) is 9.29. The van der Waals surface area contributed by atoms with E-state index in [-0.39, 0.29) is 17.0 Å². The number of para-hydroxylation sites is 1. The van der Waals surface area contributed by atoms with Gasteiger partial charge in [-0.1, -0.05) is 43.3 Å². The fourth-order valence-electron chi connectivity index (χ4n) is 2.56. The largest absolute Gasteiger partial charge is 1.00 e. The maximum Gasteiger partial charge on any atom is 0.180 e. The average molecular weight is 382 g/mol. The van der Waals surface area contributed by atoms with Gasteiger partial charge < -0.3 is 22.3 Å². The van der Waals surface area contributed by atoms with Gasteiger partial charge in [0.25, 0.3) is 0 Å². The van der Waals surface area contributed by atoms with E-state index in [0.717, 1.165) is 0 Å². The van der Waals surface area contributed by atoms with Crippen LogP contribution in [0.3, 0.4) is 0 Å². The number of hydrogen-bond donors (Lipinski definition) is 1. The number of benzene rings is 2. The van der Waals surface area contributed by atoms with Crippen molar-refractivity contribution in [3.63, 3.8) is 0 Å². The van der Waals surface area contributed by atoms with Gasteiger partial charge >= 0.3 is 0 Å². The molecule has 0 saturated heterocycles. The Morgan fingerprint density at radius 2 is 1.90 bits per heavy atom. The van der Waals surface area contributed by atoms with Crippen LogP contribution < -0.4 is 22.3 Å². The number of halogens is 1. The van der Waals surface area contributed by atoms with Gasteiger partial charge in [0, 0.05) is 27.1 Å². The molecule has 0 bridgehead atoms. The van der Waals surface area contributed by atoms with Gasteiger partial charge in [0.1, 0.15) is 11.9 Å². The molecule has 0 radical (unpaired) electrons.